The number of aryl methyl sites for hydroxylation is 1. The van der Waals surface area contributed by atoms with Gasteiger partial charge in [-0.1, -0.05) is 0 Å². The molecule has 1 amide bonds. The van der Waals surface area contributed by atoms with Crippen molar-refractivity contribution in [3.63, 3.8) is 0 Å². The summed E-state index contributed by atoms with van der Waals surface area (Å²) in [6, 6.07) is 3.84. The van der Waals surface area contributed by atoms with Crippen molar-refractivity contribution in [1.82, 2.24) is 15.2 Å². The topological polar surface area (TPSA) is 46.1 Å². The molecule has 1 saturated heterocycles. The van der Waals surface area contributed by atoms with E-state index >= 15 is 0 Å². The summed E-state index contributed by atoms with van der Waals surface area (Å²) >= 11 is 0. The van der Waals surface area contributed by atoms with E-state index in [1.165, 1.54) is 6.42 Å². The van der Waals surface area contributed by atoms with Crippen LogP contribution >= 0.6 is 0 Å². The fraction of sp³-hybridized carbons (Fsp3) is 0.615. The van der Waals surface area contributed by atoms with Crippen LogP contribution in [0.15, 0.2) is 12.1 Å². The maximum atomic E-state index is 11.9. The molecule has 1 aromatic rings. The number of rotatable bonds is 4. The van der Waals surface area contributed by atoms with Crippen molar-refractivity contribution in [2.24, 2.45) is 13.0 Å². The van der Waals surface area contributed by atoms with Crippen LogP contribution in [0.1, 0.15) is 29.0 Å². The lowest BCUT2D eigenvalue weighted by atomic mass is 10.1. The van der Waals surface area contributed by atoms with E-state index in [-0.39, 0.29) is 5.91 Å². The average Bonchev–Trinajstić information content (AvgIpc) is 2.91. The van der Waals surface area contributed by atoms with Crippen LogP contribution in [0.3, 0.4) is 0 Å². The largest absolute Gasteiger partial charge is 0.351 e. The summed E-state index contributed by atoms with van der Waals surface area (Å²) < 4.78 is 1.92. The molecule has 1 aromatic heterocycles. The van der Waals surface area contributed by atoms with E-state index in [0.717, 1.165) is 43.4 Å². The lowest BCUT2D eigenvalue weighted by molar-refractivity contribution is 0.0943. The van der Waals surface area contributed by atoms with Gasteiger partial charge in [0.2, 0.25) is 0 Å². The molecule has 1 fully saturated rings. The van der Waals surface area contributed by atoms with Gasteiger partial charge in [0.25, 0.3) is 5.91 Å². The first-order valence-electron chi connectivity index (χ1n) is 6.29. The Bertz CT molecular complexity index is 391. The van der Waals surface area contributed by atoms with E-state index in [1.807, 2.05) is 30.7 Å². The predicted molar refractivity (Wildman–Crippen MR) is 68.1 cm³/mol. The molecule has 0 aromatic carbocycles. The van der Waals surface area contributed by atoms with Crippen molar-refractivity contribution >= 4 is 5.91 Å². The molecule has 2 N–H and O–H groups in total. The molecule has 2 heterocycles. The van der Waals surface area contributed by atoms with E-state index in [0.29, 0.717) is 0 Å². The molecule has 17 heavy (non-hydrogen) atoms. The van der Waals surface area contributed by atoms with Crippen molar-refractivity contribution in [2.75, 3.05) is 19.6 Å². The van der Waals surface area contributed by atoms with Crippen LogP contribution < -0.4 is 10.6 Å². The number of aromatic nitrogens is 1. The molecule has 4 heteroatoms. The molecule has 1 atom stereocenters. The SMILES string of the molecule is Cc1ccc(C(=O)NCCC2CCNC2)n1C. The average molecular weight is 235 g/mol. The standard InChI is InChI=1S/C13H21N3O/c1-10-3-4-12(16(10)2)13(17)15-8-6-11-5-7-14-9-11/h3-4,11,14H,5-9H2,1-2H3,(H,15,17). The van der Waals surface area contributed by atoms with Crippen molar-refractivity contribution < 1.29 is 4.79 Å². The zero-order valence-corrected chi connectivity index (χ0v) is 10.6. The fourth-order valence-electron chi connectivity index (χ4n) is 2.28. The van der Waals surface area contributed by atoms with Gasteiger partial charge >= 0.3 is 0 Å². The van der Waals surface area contributed by atoms with Crippen LogP contribution in [-0.2, 0) is 7.05 Å². The van der Waals surface area contributed by atoms with Crippen LogP contribution in [-0.4, -0.2) is 30.1 Å². The van der Waals surface area contributed by atoms with Gasteiger partial charge in [0.15, 0.2) is 0 Å². The Labute approximate surface area is 102 Å². The van der Waals surface area contributed by atoms with Gasteiger partial charge in [-0.15, -0.1) is 0 Å². The summed E-state index contributed by atoms with van der Waals surface area (Å²) in [5.41, 5.74) is 1.85. The first kappa shape index (κ1) is 12.2. The molecule has 1 aliphatic rings. The Morgan fingerprint density at radius 2 is 2.41 bits per heavy atom. The minimum Gasteiger partial charge on any atom is -0.351 e. The zero-order valence-electron chi connectivity index (χ0n) is 10.6. The highest BCUT2D eigenvalue weighted by Crippen LogP contribution is 2.11. The number of amides is 1. The third-order valence-electron chi connectivity index (χ3n) is 3.61. The van der Waals surface area contributed by atoms with Gasteiger partial charge in [-0.2, -0.15) is 0 Å². The van der Waals surface area contributed by atoms with Gasteiger partial charge in [0.1, 0.15) is 5.69 Å². The Morgan fingerprint density at radius 1 is 1.59 bits per heavy atom. The monoisotopic (exact) mass is 235 g/mol. The molecule has 0 saturated carbocycles. The van der Waals surface area contributed by atoms with Gasteiger partial charge in [-0.3, -0.25) is 4.79 Å². The molecular weight excluding hydrogens is 214 g/mol. The Kier molecular flexibility index (Phi) is 3.84. The van der Waals surface area contributed by atoms with Gasteiger partial charge < -0.3 is 15.2 Å². The van der Waals surface area contributed by atoms with Gasteiger partial charge in [-0.05, 0) is 50.9 Å². The maximum Gasteiger partial charge on any atom is 0.267 e. The van der Waals surface area contributed by atoms with Gasteiger partial charge in [0, 0.05) is 19.3 Å². The predicted octanol–water partition coefficient (Wildman–Crippen LogP) is 1.06. The lowest BCUT2D eigenvalue weighted by Gasteiger charge is -2.10. The molecule has 0 bridgehead atoms. The van der Waals surface area contributed by atoms with Crippen molar-refractivity contribution in [3.05, 3.63) is 23.5 Å². The van der Waals surface area contributed by atoms with Crippen LogP contribution in [0.25, 0.3) is 0 Å². The molecular formula is C13H21N3O. The van der Waals surface area contributed by atoms with Crippen LogP contribution in [0.4, 0.5) is 0 Å². The summed E-state index contributed by atoms with van der Waals surface area (Å²) in [5, 5.41) is 6.33. The maximum absolute atomic E-state index is 11.9. The molecule has 2 rings (SSSR count). The van der Waals surface area contributed by atoms with Crippen molar-refractivity contribution in [3.8, 4) is 0 Å². The number of carbonyl (C=O) groups excluding carboxylic acids is 1. The third-order valence-corrected chi connectivity index (χ3v) is 3.61. The fourth-order valence-corrected chi connectivity index (χ4v) is 2.28. The summed E-state index contributed by atoms with van der Waals surface area (Å²) in [5.74, 6) is 0.761. The van der Waals surface area contributed by atoms with Crippen LogP contribution in [0.2, 0.25) is 0 Å². The smallest absolute Gasteiger partial charge is 0.267 e. The second kappa shape index (κ2) is 5.36. The summed E-state index contributed by atoms with van der Waals surface area (Å²) in [4.78, 5) is 11.9. The minimum atomic E-state index is 0.0338. The second-order valence-corrected chi connectivity index (χ2v) is 4.82. The molecule has 4 nitrogen and oxygen atoms in total. The molecule has 0 aliphatic carbocycles. The van der Waals surface area contributed by atoms with E-state index in [1.54, 1.807) is 0 Å². The minimum absolute atomic E-state index is 0.0338. The highest BCUT2D eigenvalue weighted by Gasteiger charge is 2.15. The molecule has 1 unspecified atom stereocenters. The third kappa shape index (κ3) is 2.88. The molecule has 1 aliphatic heterocycles. The van der Waals surface area contributed by atoms with Crippen LogP contribution in [0, 0.1) is 12.8 Å². The highest BCUT2D eigenvalue weighted by molar-refractivity contribution is 5.92. The summed E-state index contributed by atoms with van der Waals surface area (Å²) in [6.45, 7) is 4.99. The number of hydrogen-bond donors (Lipinski definition) is 2. The first-order valence-corrected chi connectivity index (χ1v) is 6.29. The normalized spacial score (nSPS) is 19.5. The highest BCUT2D eigenvalue weighted by atomic mass is 16.1. The number of nitrogens with zero attached hydrogens (tertiary/aromatic N) is 1. The van der Waals surface area contributed by atoms with E-state index in [2.05, 4.69) is 10.6 Å². The Balaban J connectivity index is 1.79. The summed E-state index contributed by atoms with van der Waals surface area (Å²) in [7, 11) is 1.92. The lowest BCUT2D eigenvalue weighted by Crippen LogP contribution is -2.28. The summed E-state index contributed by atoms with van der Waals surface area (Å²) in [6.07, 6.45) is 2.31. The van der Waals surface area contributed by atoms with Crippen molar-refractivity contribution in [2.45, 2.75) is 19.8 Å². The molecule has 94 valence electrons. The quantitative estimate of drug-likeness (QED) is 0.820. The molecule has 0 radical (unpaired) electrons. The first-order chi connectivity index (χ1) is 8.18. The number of nitrogens with one attached hydrogen (secondary N) is 2. The molecule has 0 spiro atoms. The number of hydrogen-bond acceptors (Lipinski definition) is 2. The zero-order chi connectivity index (χ0) is 12.3. The van der Waals surface area contributed by atoms with E-state index in [4.69, 9.17) is 0 Å². The number of carbonyl (C=O) groups is 1. The van der Waals surface area contributed by atoms with Gasteiger partial charge in [-0.25, -0.2) is 0 Å². The van der Waals surface area contributed by atoms with Gasteiger partial charge in [0.05, 0.1) is 0 Å². The van der Waals surface area contributed by atoms with Crippen LogP contribution in [0.5, 0.6) is 0 Å². The van der Waals surface area contributed by atoms with E-state index in [9.17, 15) is 4.79 Å². The Morgan fingerprint density at radius 3 is 3.00 bits per heavy atom. The second-order valence-electron chi connectivity index (χ2n) is 4.82. The van der Waals surface area contributed by atoms with Crippen molar-refractivity contribution in [1.29, 1.82) is 0 Å². The van der Waals surface area contributed by atoms with E-state index < -0.39 is 0 Å². The Hall–Kier alpha value is -1.29.